The monoisotopic (exact) mass is 215 g/mol. The first-order valence-electron chi connectivity index (χ1n) is 3.52. The molecule has 1 amide bonds. The van der Waals surface area contributed by atoms with Gasteiger partial charge in [-0.05, 0) is 23.8 Å². The molecule has 2 nitrogen and oxygen atoms in total. The van der Waals surface area contributed by atoms with Crippen LogP contribution in [0.5, 0.6) is 0 Å². The van der Waals surface area contributed by atoms with Gasteiger partial charge in [0.05, 0.1) is 0 Å². The summed E-state index contributed by atoms with van der Waals surface area (Å²) in [5, 5.41) is 1.05. The topological polar surface area (TPSA) is 43.1 Å². The van der Waals surface area contributed by atoms with Gasteiger partial charge in [0.1, 0.15) is 0 Å². The molecule has 0 heterocycles. The Morgan fingerprint density at radius 3 is 2.62 bits per heavy atom. The number of primary amides is 1. The highest BCUT2D eigenvalue weighted by Crippen LogP contribution is 2.21. The lowest BCUT2D eigenvalue weighted by Crippen LogP contribution is -2.05. The molecule has 68 valence electrons. The van der Waals surface area contributed by atoms with Gasteiger partial charge in [-0.3, -0.25) is 4.79 Å². The molecular weight excluding hydrogens is 209 g/mol. The summed E-state index contributed by atoms with van der Waals surface area (Å²) in [5.41, 5.74) is 5.64. The molecule has 0 aliphatic carbocycles. The first-order chi connectivity index (χ1) is 6.09. The Morgan fingerprint density at radius 1 is 1.38 bits per heavy atom. The molecular formula is C9H7Cl2NO. The van der Waals surface area contributed by atoms with Crippen molar-refractivity contribution in [2.75, 3.05) is 0 Å². The fraction of sp³-hybridized carbons (Fsp3) is 0. The van der Waals surface area contributed by atoms with Gasteiger partial charge in [0.2, 0.25) is 5.91 Å². The van der Waals surface area contributed by atoms with E-state index in [4.69, 9.17) is 28.9 Å². The molecule has 0 atom stereocenters. The number of halogens is 2. The normalized spacial score (nSPS) is 10.6. The minimum atomic E-state index is -0.508. The lowest BCUT2D eigenvalue weighted by Gasteiger charge is -1.97. The van der Waals surface area contributed by atoms with Gasteiger partial charge in [0.15, 0.2) is 0 Å². The van der Waals surface area contributed by atoms with Crippen LogP contribution in [0.25, 0.3) is 6.08 Å². The molecule has 0 saturated heterocycles. The van der Waals surface area contributed by atoms with Gasteiger partial charge in [-0.15, -0.1) is 0 Å². The Labute approximate surface area is 85.9 Å². The smallest absolute Gasteiger partial charge is 0.241 e. The molecule has 0 fully saturated rings. The van der Waals surface area contributed by atoms with Crippen molar-refractivity contribution in [1.82, 2.24) is 0 Å². The van der Waals surface area contributed by atoms with Crippen molar-refractivity contribution in [3.63, 3.8) is 0 Å². The van der Waals surface area contributed by atoms with Crippen LogP contribution in [0.3, 0.4) is 0 Å². The quantitative estimate of drug-likeness (QED) is 0.758. The predicted octanol–water partition coefficient (Wildman–Crippen LogP) is 2.49. The molecule has 0 aromatic heterocycles. The predicted molar refractivity (Wildman–Crippen MR) is 54.7 cm³/mol. The summed E-state index contributed by atoms with van der Waals surface area (Å²) in [6, 6.07) is 5.00. The van der Waals surface area contributed by atoms with E-state index >= 15 is 0 Å². The molecule has 0 radical (unpaired) electrons. The van der Waals surface area contributed by atoms with Crippen molar-refractivity contribution in [3.8, 4) is 0 Å². The van der Waals surface area contributed by atoms with Crippen LogP contribution in [-0.4, -0.2) is 5.91 Å². The molecule has 0 bridgehead atoms. The van der Waals surface area contributed by atoms with Crippen molar-refractivity contribution >= 4 is 35.2 Å². The molecule has 1 rings (SSSR count). The molecule has 1 aromatic carbocycles. The first-order valence-corrected chi connectivity index (χ1v) is 4.28. The fourth-order valence-electron chi connectivity index (χ4n) is 0.809. The lowest BCUT2D eigenvalue weighted by atomic mass is 10.2. The number of hydrogen-bond acceptors (Lipinski definition) is 1. The zero-order chi connectivity index (χ0) is 9.84. The molecule has 0 spiro atoms. The second kappa shape index (κ2) is 4.30. The van der Waals surface area contributed by atoms with Crippen molar-refractivity contribution < 1.29 is 4.79 Å². The largest absolute Gasteiger partial charge is 0.366 e. The molecule has 0 saturated carbocycles. The average Bonchev–Trinajstić information content (AvgIpc) is 2.02. The molecule has 0 aliphatic heterocycles. The summed E-state index contributed by atoms with van der Waals surface area (Å²) >= 11 is 11.5. The van der Waals surface area contributed by atoms with Crippen molar-refractivity contribution in [2.45, 2.75) is 0 Å². The van der Waals surface area contributed by atoms with E-state index in [0.29, 0.717) is 15.6 Å². The minimum absolute atomic E-state index is 0.491. The maximum Gasteiger partial charge on any atom is 0.241 e. The Hall–Kier alpha value is -0.990. The highest BCUT2D eigenvalue weighted by Gasteiger charge is 1.97. The zero-order valence-corrected chi connectivity index (χ0v) is 8.14. The van der Waals surface area contributed by atoms with E-state index in [0.717, 1.165) is 0 Å². The van der Waals surface area contributed by atoms with E-state index in [1.165, 1.54) is 6.08 Å². The number of rotatable bonds is 2. The third kappa shape index (κ3) is 3.09. The molecule has 2 N–H and O–H groups in total. The molecule has 0 unspecified atom stereocenters. The summed E-state index contributed by atoms with van der Waals surface area (Å²) in [4.78, 5) is 10.4. The van der Waals surface area contributed by atoms with Gasteiger partial charge in [0, 0.05) is 16.1 Å². The van der Waals surface area contributed by atoms with Crippen molar-refractivity contribution in [2.24, 2.45) is 5.73 Å². The summed E-state index contributed by atoms with van der Waals surface area (Å²) < 4.78 is 0. The number of amides is 1. The van der Waals surface area contributed by atoms with Crippen LogP contribution in [-0.2, 0) is 4.79 Å². The Balaban J connectivity index is 2.96. The second-order valence-corrected chi connectivity index (χ2v) is 3.25. The molecule has 13 heavy (non-hydrogen) atoms. The van der Waals surface area contributed by atoms with E-state index in [1.807, 2.05) is 0 Å². The Bertz CT molecular complexity index is 361. The second-order valence-electron chi connectivity index (χ2n) is 2.40. The first kappa shape index (κ1) is 10.1. The molecule has 4 heteroatoms. The fourth-order valence-corrected chi connectivity index (χ4v) is 1.28. The van der Waals surface area contributed by atoms with Crippen LogP contribution in [0.1, 0.15) is 5.56 Å². The number of carbonyl (C=O) groups is 1. The van der Waals surface area contributed by atoms with Crippen LogP contribution in [0.2, 0.25) is 10.0 Å². The van der Waals surface area contributed by atoms with Crippen LogP contribution < -0.4 is 5.73 Å². The minimum Gasteiger partial charge on any atom is -0.366 e. The van der Waals surface area contributed by atoms with E-state index in [1.54, 1.807) is 24.3 Å². The molecule has 1 aromatic rings. The highest BCUT2D eigenvalue weighted by atomic mass is 35.5. The maximum absolute atomic E-state index is 10.4. The van der Waals surface area contributed by atoms with Gasteiger partial charge < -0.3 is 5.73 Å². The van der Waals surface area contributed by atoms with Crippen LogP contribution in [0.4, 0.5) is 0 Å². The number of benzene rings is 1. The third-order valence-corrected chi connectivity index (χ3v) is 1.95. The summed E-state index contributed by atoms with van der Waals surface area (Å²) in [5.74, 6) is -0.508. The Morgan fingerprint density at radius 2 is 2.08 bits per heavy atom. The average molecular weight is 216 g/mol. The number of carbonyl (C=O) groups excluding carboxylic acids is 1. The van der Waals surface area contributed by atoms with Gasteiger partial charge in [-0.2, -0.15) is 0 Å². The zero-order valence-electron chi connectivity index (χ0n) is 6.63. The Kier molecular flexibility index (Phi) is 3.34. The number of hydrogen-bond donors (Lipinski definition) is 1. The molecule has 0 aliphatic rings. The van der Waals surface area contributed by atoms with E-state index in [9.17, 15) is 4.79 Å². The van der Waals surface area contributed by atoms with E-state index in [2.05, 4.69) is 0 Å². The summed E-state index contributed by atoms with van der Waals surface area (Å²) in [6.07, 6.45) is 2.79. The van der Waals surface area contributed by atoms with Gasteiger partial charge in [-0.1, -0.05) is 29.3 Å². The third-order valence-electron chi connectivity index (χ3n) is 1.39. The van der Waals surface area contributed by atoms with Crippen LogP contribution in [0.15, 0.2) is 24.3 Å². The number of nitrogens with two attached hydrogens (primary N) is 1. The summed E-state index contributed by atoms with van der Waals surface area (Å²) in [6.45, 7) is 0. The van der Waals surface area contributed by atoms with Crippen LogP contribution in [0, 0.1) is 0 Å². The van der Waals surface area contributed by atoms with E-state index in [-0.39, 0.29) is 0 Å². The van der Waals surface area contributed by atoms with Crippen LogP contribution >= 0.6 is 23.2 Å². The van der Waals surface area contributed by atoms with Crippen molar-refractivity contribution in [3.05, 3.63) is 39.9 Å². The highest BCUT2D eigenvalue weighted by molar-refractivity contribution is 6.35. The van der Waals surface area contributed by atoms with Gasteiger partial charge >= 0.3 is 0 Å². The van der Waals surface area contributed by atoms with E-state index < -0.39 is 5.91 Å². The SMILES string of the molecule is NC(=O)/C=C\c1ccc(Cl)cc1Cl. The van der Waals surface area contributed by atoms with Gasteiger partial charge in [-0.25, -0.2) is 0 Å². The summed E-state index contributed by atoms with van der Waals surface area (Å²) in [7, 11) is 0. The standard InChI is InChI=1S/C9H7Cl2NO/c10-7-3-1-6(8(11)5-7)2-4-9(12)13/h1-5H,(H2,12,13)/b4-2-. The van der Waals surface area contributed by atoms with Crippen molar-refractivity contribution in [1.29, 1.82) is 0 Å². The maximum atomic E-state index is 10.4. The lowest BCUT2D eigenvalue weighted by molar-refractivity contribution is -0.113. The van der Waals surface area contributed by atoms with Gasteiger partial charge in [0.25, 0.3) is 0 Å².